The lowest BCUT2D eigenvalue weighted by atomic mass is 9.93. The zero-order chi connectivity index (χ0) is 15.4. The summed E-state index contributed by atoms with van der Waals surface area (Å²) >= 11 is 0. The van der Waals surface area contributed by atoms with Gasteiger partial charge in [-0.2, -0.15) is 0 Å². The molecule has 6 nitrogen and oxygen atoms in total. The number of hydrogen-bond acceptors (Lipinski definition) is 6. The van der Waals surface area contributed by atoms with E-state index >= 15 is 0 Å². The highest BCUT2D eigenvalue weighted by Crippen LogP contribution is 2.27. The van der Waals surface area contributed by atoms with E-state index in [2.05, 4.69) is 44.0 Å². The smallest absolute Gasteiger partial charge is 0.229 e. The monoisotopic (exact) mass is 298 g/mol. The van der Waals surface area contributed by atoms with Crippen molar-refractivity contribution in [3.05, 3.63) is 36.4 Å². The summed E-state index contributed by atoms with van der Waals surface area (Å²) in [5.74, 6) is 1.60. The molecule has 0 atom stereocenters. The fourth-order valence-electron chi connectivity index (χ4n) is 2.84. The first-order valence-corrected chi connectivity index (χ1v) is 7.83. The van der Waals surface area contributed by atoms with Gasteiger partial charge in [0.25, 0.3) is 0 Å². The van der Waals surface area contributed by atoms with Crippen LogP contribution in [0.5, 0.6) is 0 Å². The third kappa shape index (κ3) is 3.57. The van der Waals surface area contributed by atoms with E-state index in [1.807, 2.05) is 12.3 Å². The van der Waals surface area contributed by atoms with Gasteiger partial charge in [0.1, 0.15) is 0 Å². The van der Waals surface area contributed by atoms with Crippen LogP contribution in [0.2, 0.25) is 0 Å². The van der Waals surface area contributed by atoms with Gasteiger partial charge >= 0.3 is 0 Å². The van der Waals surface area contributed by atoms with Gasteiger partial charge < -0.3 is 4.90 Å². The molecule has 1 aliphatic rings. The molecule has 0 radical (unpaired) electrons. The summed E-state index contributed by atoms with van der Waals surface area (Å²) in [6.07, 6.45) is 7.50. The Balaban J connectivity index is 1.67. The van der Waals surface area contributed by atoms with Crippen LogP contribution in [0.3, 0.4) is 0 Å². The Kier molecular flexibility index (Phi) is 4.58. The lowest BCUT2D eigenvalue weighted by Gasteiger charge is -2.34. The highest BCUT2D eigenvalue weighted by atomic mass is 15.2. The van der Waals surface area contributed by atoms with Crippen molar-refractivity contribution in [3.63, 3.8) is 0 Å². The van der Waals surface area contributed by atoms with Gasteiger partial charge in [-0.25, -0.2) is 19.9 Å². The number of aromatic nitrogens is 4. The van der Waals surface area contributed by atoms with E-state index in [9.17, 15) is 0 Å². The zero-order valence-corrected chi connectivity index (χ0v) is 13.1. The fourth-order valence-corrected chi connectivity index (χ4v) is 2.84. The molecule has 1 fully saturated rings. The van der Waals surface area contributed by atoms with Crippen molar-refractivity contribution in [3.8, 4) is 0 Å². The Morgan fingerprint density at radius 2 is 1.73 bits per heavy atom. The predicted octanol–water partition coefficient (Wildman–Crippen LogP) is 2.60. The number of nitrogens with one attached hydrogen (secondary N) is 1. The van der Waals surface area contributed by atoms with Crippen molar-refractivity contribution in [2.75, 3.05) is 18.4 Å². The van der Waals surface area contributed by atoms with E-state index in [0.29, 0.717) is 23.9 Å². The van der Waals surface area contributed by atoms with Gasteiger partial charge in [0.2, 0.25) is 11.9 Å². The van der Waals surface area contributed by atoms with Gasteiger partial charge in [0.15, 0.2) is 0 Å². The van der Waals surface area contributed by atoms with E-state index in [-0.39, 0.29) is 0 Å². The Morgan fingerprint density at radius 1 is 1.05 bits per heavy atom. The van der Waals surface area contributed by atoms with Crippen molar-refractivity contribution in [2.24, 2.45) is 0 Å². The van der Waals surface area contributed by atoms with Gasteiger partial charge in [0.05, 0.1) is 0 Å². The molecule has 0 aromatic carbocycles. The van der Waals surface area contributed by atoms with Crippen LogP contribution < -0.4 is 5.32 Å². The standard InChI is InChI=1S/C16H22N6/c1-12(2)22-10-5-13(6-11-22)14-4-9-19-16(20-14)21-15-17-7-3-8-18-15/h3-4,7-9,12-13H,5-6,10-11H2,1-2H3,(H,17,18,19,20,21). The largest absolute Gasteiger partial charge is 0.301 e. The van der Waals surface area contributed by atoms with E-state index < -0.39 is 0 Å². The molecule has 22 heavy (non-hydrogen) atoms. The molecule has 0 aliphatic carbocycles. The van der Waals surface area contributed by atoms with E-state index in [1.165, 1.54) is 0 Å². The number of likely N-dealkylation sites (tertiary alicyclic amines) is 1. The molecule has 1 saturated heterocycles. The Hall–Kier alpha value is -2.08. The maximum Gasteiger partial charge on any atom is 0.229 e. The molecule has 1 aliphatic heterocycles. The second-order valence-corrected chi connectivity index (χ2v) is 5.91. The molecule has 0 amide bonds. The van der Waals surface area contributed by atoms with Crippen LogP contribution in [0.25, 0.3) is 0 Å². The molecule has 116 valence electrons. The highest BCUT2D eigenvalue weighted by molar-refractivity contribution is 5.41. The molecular weight excluding hydrogens is 276 g/mol. The number of hydrogen-bond donors (Lipinski definition) is 1. The topological polar surface area (TPSA) is 66.8 Å². The molecule has 2 aromatic rings. The second kappa shape index (κ2) is 6.79. The van der Waals surface area contributed by atoms with Gasteiger partial charge in [-0.05, 0) is 51.9 Å². The fraction of sp³-hybridized carbons (Fsp3) is 0.500. The Bertz CT molecular complexity index is 593. The highest BCUT2D eigenvalue weighted by Gasteiger charge is 2.23. The van der Waals surface area contributed by atoms with Crippen LogP contribution in [-0.4, -0.2) is 44.0 Å². The summed E-state index contributed by atoms with van der Waals surface area (Å²) < 4.78 is 0. The van der Waals surface area contributed by atoms with Gasteiger partial charge in [0, 0.05) is 36.2 Å². The van der Waals surface area contributed by atoms with Crippen LogP contribution in [0.15, 0.2) is 30.7 Å². The molecule has 0 bridgehead atoms. The lowest BCUT2D eigenvalue weighted by molar-refractivity contribution is 0.171. The van der Waals surface area contributed by atoms with Crippen LogP contribution in [0.4, 0.5) is 11.9 Å². The minimum absolute atomic E-state index is 0.509. The lowest BCUT2D eigenvalue weighted by Crippen LogP contribution is -2.38. The molecule has 3 heterocycles. The third-order valence-electron chi connectivity index (χ3n) is 4.14. The first-order valence-electron chi connectivity index (χ1n) is 7.83. The van der Waals surface area contributed by atoms with Gasteiger partial charge in [-0.15, -0.1) is 0 Å². The minimum atomic E-state index is 0.509. The van der Waals surface area contributed by atoms with Crippen LogP contribution >= 0.6 is 0 Å². The van der Waals surface area contributed by atoms with E-state index in [4.69, 9.17) is 0 Å². The van der Waals surface area contributed by atoms with Crippen LogP contribution in [-0.2, 0) is 0 Å². The minimum Gasteiger partial charge on any atom is -0.301 e. The zero-order valence-electron chi connectivity index (χ0n) is 13.1. The maximum absolute atomic E-state index is 4.64. The maximum atomic E-state index is 4.64. The van der Waals surface area contributed by atoms with Crippen molar-refractivity contribution in [2.45, 2.75) is 38.6 Å². The van der Waals surface area contributed by atoms with Gasteiger partial charge in [-0.3, -0.25) is 5.32 Å². The predicted molar refractivity (Wildman–Crippen MR) is 86.0 cm³/mol. The molecule has 0 spiro atoms. The average molecular weight is 298 g/mol. The molecular formula is C16H22N6. The summed E-state index contributed by atoms with van der Waals surface area (Å²) in [6.45, 7) is 6.79. The van der Waals surface area contributed by atoms with Crippen molar-refractivity contribution in [1.29, 1.82) is 0 Å². The molecule has 2 aromatic heterocycles. The normalized spacial score (nSPS) is 16.9. The number of nitrogens with zero attached hydrogens (tertiary/aromatic N) is 5. The van der Waals surface area contributed by atoms with Gasteiger partial charge in [-0.1, -0.05) is 0 Å². The van der Waals surface area contributed by atoms with Crippen LogP contribution in [0.1, 0.15) is 38.3 Å². The van der Waals surface area contributed by atoms with E-state index in [0.717, 1.165) is 31.6 Å². The first-order chi connectivity index (χ1) is 10.7. The quantitative estimate of drug-likeness (QED) is 0.936. The second-order valence-electron chi connectivity index (χ2n) is 5.91. The average Bonchev–Trinajstić information content (AvgIpc) is 2.56. The summed E-state index contributed by atoms with van der Waals surface area (Å²) in [7, 11) is 0. The molecule has 0 unspecified atom stereocenters. The number of anilines is 2. The first kappa shape index (κ1) is 14.8. The summed E-state index contributed by atoms with van der Waals surface area (Å²) in [5.41, 5.74) is 1.11. The molecule has 3 rings (SSSR count). The number of rotatable bonds is 4. The summed E-state index contributed by atoms with van der Waals surface area (Å²) in [5, 5.41) is 3.06. The van der Waals surface area contributed by atoms with Crippen LogP contribution in [0, 0.1) is 0 Å². The number of piperidine rings is 1. The molecule has 0 saturated carbocycles. The SMILES string of the molecule is CC(C)N1CCC(c2ccnc(Nc3ncccn3)n2)CC1. The Labute approximate surface area is 131 Å². The Morgan fingerprint density at radius 3 is 2.41 bits per heavy atom. The summed E-state index contributed by atoms with van der Waals surface area (Å²) in [4.78, 5) is 19.7. The van der Waals surface area contributed by atoms with E-state index in [1.54, 1.807) is 18.5 Å². The van der Waals surface area contributed by atoms with Crippen molar-refractivity contribution < 1.29 is 0 Å². The summed E-state index contributed by atoms with van der Waals surface area (Å²) in [6, 6.07) is 4.43. The molecule has 6 heteroatoms. The third-order valence-corrected chi connectivity index (χ3v) is 4.14. The van der Waals surface area contributed by atoms with Crippen molar-refractivity contribution in [1.82, 2.24) is 24.8 Å². The van der Waals surface area contributed by atoms with Crippen molar-refractivity contribution >= 4 is 11.9 Å². The molecule has 1 N–H and O–H groups in total.